The summed E-state index contributed by atoms with van der Waals surface area (Å²) in [6.45, 7) is 19.9. The van der Waals surface area contributed by atoms with Gasteiger partial charge in [-0.25, -0.2) is 0 Å². The number of ether oxygens (including phenoxy) is 3. The highest BCUT2D eigenvalue weighted by Crippen LogP contribution is 2.32. The molecule has 6 nitrogen and oxygen atoms in total. The van der Waals surface area contributed by atoms with Crippen LogP contribution >= 0.6 is 0 Å². The molecule has 1 aliphatic rings. The Balaban J connectivity index is 3.11. The summed E-state index contributed by atoms with van der Waals surface area (Å²) in [7, 11) is -1.97. The molecule has 0 spiro atoms. The first-order valence-electron chi connectivity index (χ1n) is 9.37. The van der Waals surface area contributed by atoms with Crippen molar-refractivity contribution in [2.45, 2.75) is 89.6 Å². The molecule has 1 fully saturated rings. The maximum Gasteiger partial charge on any atom is 0.187 e. The van der Waals surface area contributed by atoms with Gasteiger partial charge in [-0.2, -0.15) is 0 Å². The van der Waals surface area contributed by atoms with Crippen LogP contribution in [0, 0.1) is 0 Å². The molecule has 0 amide bonds. The predicted octanol–water partition coefficient (Wildman–Crippen LogP) is 3.66. The fraction of sp³-hybridized carbons (Fsp3) is 1.00. The van der Waals surface area contributed by atoms with Gasteiger partial charge in [0.05, 0.1) is 6.61 Å². The van der Waals surface area contributed by atoms with Crippen LogP contribution < -0.4 is 0 Å². The molecule has 1 aliphatic heterocycles. The second-order valence-corrected chi connectivity index (χ2v) is 23.2. The van der Waals surface area contributed by atoms with Gasteiger partial charge in [0.25, 0.3) is 0 Å². The van der Waals surface area contributed by atoms with Gasteiger partial charge in [0.2, 0.25) is 0 Å². The average Bonchev–Trinajstić information content (AvgIpc) is 2.42. The Morgan fingerprint density at radius 3 is 1.54 bits per heavy atom. The highest BCUT2D eigenvalue weighted by molar-refractivity contribution is 6.70. The van der Waals surface area contributed by atoms with E-state index < -0.39 is 31.2 Å². The highest BCUT2D eigenvalue weighted by Gasteiger charge is 2.50. The largest absolute Gasteiger partial charge is 0.415 e. The van der Waals surface area contributed by atoms with E-state index in [-0.39, 0.29) is 24.4 Å². The molecule has 1 rings (SSSR count). The fourth-order valence-electron chi connectivity index (χ4n) is 2.88. The van der Waals surface area contributed by atoms with Gasteiger partial charge >= 0.3 is 0 Å². The molecule has 0 radical (unpaired) electrons. The molecule has 0 aromatic carbocycles. The van der Waals surface area contributed by atoms with Crippen LogP contribution in [-0.4, -0.2) is 76.5 Å². The Morgan fingerprint density at radius 2 is 1.15 bits per heavy atom. The van der Waals surface area contributed by atoms with Crippen LogP contribution in [0.25, 0.3) is 0 Å². The number of hydrogen-bond donors (Lipinski definition) is 0. The summed E-state index contributed by atoms with van der Waals surface area (Å²) < 4.78 is 36.9. The van der Waals surface area contributed by atoms with E-state index in [1.54, 1.807) is 14.2 Å². The molecule has 9 heteroatoms. The Kier molecular flexibility index (Phi) is 8.72. The molecule has 0 bridgehead atoms. The summed E-state index contributed by atoms with van der Waals surface area (Å²) in [5.41, 5.74) is 0. The van der Waals surface area contributed by atoms with Crippen LogP contribution in [0.15, 0.2) is 0 Å². The van der Waals surface area contributed by atoms with Crippen molar-refractivity contribution < 1.29 is 27.5 Å². The molecule has 156 valence electrons. The van der Waals surface area contributed by atoms with Crippen LogP contribution in [-0.2, 0) is 27.5 Å². The van der Waals surface area contributed by atoms with E-state index in [0.29, 0.717) is 6.61 Å². The summed E-state index contributed by atoms with van der Waals surface area (Å²) in [6.07, 6.45) is -1.57. The molecular formula is C17H40O6Si3. The van der Waals surface area contributed by atoms with Crippen molar-refractivity contribution in [3.63, 3.8) is 0 Å². The van der Waals surface area contributed by atoms with Gasteiger partial charge in [-0.1, -0.05) is 0 Å². The van der Waals surface area contributed by atoms with E-state index in [2.05, 4.69) is 58.9 Å². The number of hydrogen-bond acceptors (Lipinski definition) is 6. The third-order valence-electron chi connectivity index (χ3n) is 3.78. The van der Waals surface area contributed by atoms with Crippen LogP contribution in [0.2, 0.25) is 58.9 Å². The van der Waals surface area contributed by atoms with Crippen molar-refractivity contribution in [1.29, 1.82) is 0 Å². The SMILES string of the molecule is CO[C@@H]1[C@H](OC)[C@H](CO[Si](C)(C)C)OC(O[Si](C)(C)C)[C@H]1O[Si](C)(C)C. The Morgan fingerprint density at radius 1 is 0.654 bits per heavy atom. The van der Waals surface area contributed by atoms with Gasteiger partial charge in [-0.15, -0.1) is 0 Å². The Labute approximate surface area is 163 Å². The van der Waals surface area contributed by atoms with Crippen LogP contribution in [0.4, 0.5) is 0 Å². The zero-order chi connectivity index (χ0) is 20.3. The molecule has 1 unspecified atom stereocenters. The van der Waals surface area contributed by atoms with Gasteiger partial charge in [0.1, 0.15) is 24.4 Å². The normalized spacial score (nSPS) is 31.3. The maximum absolute atomic E-state index is 6.44. The summed E-state index contributed by atoms with van der Waals surface area (Å²) in [6, 6.07) is 0. The first-order valence-corrected chi connectivity index (χ1v) is 19.6. The predicted molar refractivity (Wildman–Crippen MR) is 112 cm³/mol. The van der Waals surface area contributed by atoms with Gasteiger partial charge in [-0.05, 0) is 58.9 Å². The minimum atomic E-state index is -1.84. The lowest BCUT2D eigenvalue weighted by molar-refractivity contribution is -0.283. The van der Waals surface area contributed by atoms with E-state index in [1.165, 1.54) is 0 Å². The monoisotopic (exact) mass is 424 g/mol. The van der Waals surface area contributed by atoms with Crippen molar-refractivity contribution in [3.05, 3.63) is 0 Å². The standard InChI is InChI=1S/C17H40O6Si3/c1-18-14-13(12-20-24(3,4)5)21-17(23-26(9,10)11)16(15(14)19-2)22-25(6,7)8/h13-17H,12H2,1-11H3/t13-,14+,15+,16-,17?/m0/s1. The van der Waals surface area contributed by atoms with E-state index in [1.807, 2.05) is 0 Å². The molecule has 0 aliphatic carbocycles. The topological polar surface area (TPSA) is 55.4 Å². The molecule has 0 saturated carbocycles. The molecule has 5 atom stereocenters. The van der Waals surface area contributed by atoms with E-state index >= 15 is 0 Å². The van der Waals surface area contributed by atoms with Gasteiger partial charge in [0, 0.05) is 14.2 Å². The molecular weight excluding hydrogens is 384 g/mol. The number of methoxy groups -OCH3 is 2. The second-order valence-electron chi connectivity index (χ2n) is 9.79. The molecule has 0 aromatic heterocycles. The van der Waals surface area contributed by atoms with Gasteiger partial charge in [-0.3, -0.25) is 0 Å². The molecule has 0 N–H and O–H groups in total. The lowest BCUT2D eigenvalue weighted by atomic mass is 9.99. The van der Waals surface area contributed by atoms with Gasteiger partial charge < -0.3 is 27.5 Å². The zero-order valence-electron chi connectivity index (χ0n) is 18.5. The second kappa shape index (κ2) is 9.27. The van der Waals surface area contributed by atoms with Crippen molar-refractivity contribution in [2.75, 3.05) is 20.8 Å². The Bertz CT molecular complexity index is 430. The van der Waals surface area contributed by atoms with Crippen molar-refractivity contribution >= 4 is 25.0 Å². The van der Waals surface area contributed by atoms with Crippen LogP contribution in [0.1, 0.15) is 0 Å². The average molecular weight is 425 g/mol. The van der Waals surface area contributed by atoms with E-state index in [4.69, 9.17) is 27.5 Å². The minimum Gasteiger partial charge on any atom is -0.415 e. The maximum atomic E-state index is 6.44. The molecule has 0 aromatic rings. The van der Waals surface area contributed by atoms with E-state index in [9.17, 15) is 0 Å². The summed E-state index contributed by atoms with van der Waals surface area (Å²) >= 11 is 0. The van der Waals surface area contributed by atoms with Crippen LogP contribution in [0.3, 0.4) is 0 Å². The van der Waals surface area contributed by atoms with E-state index in [0.717, 1.165) is 0 Å². The van der Waals surface area contributed by atoms with Gasteiger partial charge in [0.15, 0.2) is 31.2 Å². The van der Waals surface area contributed by atoms with Crippen molar-refractivity contribution in [2.24, 2.45) is 0 Å². The lowest BCUT2D eigenvalue weighted by Gasteiger charge is -2.48. The molecule has 26 heavy (non-hydrogen) atoms. The summed E-state index contributed by atoms with van der Waals surface area (Å²) in [5, 5.41) is 0. The third kappa shape index (κ3) is 8.19. The highest BCUT2D eigenvalue weighted by atomic mass is 28.4. The quantitative estimate of drug-likeness (QED) is 0.526. The summed E-state index contributed by atoms with van der Waals surface area (Å²) in [4.78, 5) is 0. The fourth-order valence-corrected chi connectivity index (χ4v) is 5.49. The van der Waals surface area contributed by atoms with Crippen LogP contribution in [0.5, 0.6) is 0 Å². The summed E-state index contributed by atoms with van der Waals surface area (Å²) in [5.74, 6) is 0. The minimum absolute atomic E-state index is 0.250. The third-order valence-corrected chi connectivity index (χ3v) is 6.73. The molecule has 1 saturated heterocycles. The van der Waals surface area contributed by atoms with Crippen molar-refractivity contribution in [1.82, 2.24) is 0 Å². The molecule has 1 heterocycles. The smallest absolute Gasteiger partial charge is 0.187 e. The number of rotatable bonds is 9. The first-order chi connectivity index (χ1) is 11.7. The lowest BCUT2D eigenvalue weighted by Crippen LogP contribution is -2.64. The first kappa shape index (κ1) is 24.4. The Hall–Kier alpha value is 0.411. The zero-order valence-corrected chi connectivity index (χ0v) is 21.5. The van der Waals surface area contributed by atoms with Crippen molar-refractivity contribution in [3.8, 4) is 0 Å².